The van der Waals surface area contributed by atoms with Crippen LogP contribution < -0.4 is 5.73 Å². The molecule has 3 atom stereocenters. The number of nitrogens with two attached hydrogens (primary N) is 1. The quantitative estimate of drug-likeness (QED) is 0.700. The van der Waals surface area contributed by atoms with Crippen molar-refractivity contribution < 1.29 is 9.59 Å². The predicted octanol–water partition coefficient (Wildman–Crippen LogP) is 0.755. The zero-order valence-corrected chi connectivity index (χ0v) is 9.69. The second kappa shape index (κ2) is 4.75. The molecular weight excluding hydrogens is 192 g/mol. The zero-order chi connectivity index (χ0) is 11.6. The molecule has 86 valence electrons. The van der Waals surface area contributed by atoms with Gasteiger partial charge in [0.1, 0.15) is 0 Å². The Morgan fingerprint density at radius 3 is 2.13 bits per heavy atom. The molecule has 1 rings (SSSR count). The second-order valence-corrected chi connectivity index (χ2v) is 4.41. The molecule has 15 heavy (non-hydrogen) atoms. The lowest BCUT2D eigenvalue weighted by molar-refractivity contribution is -0.140. The lowest BCUT2D eigenvalue weighted by atomic mass is 10.00. The van der Waals surface area contributed by atoms with Crippen LogP contribution in [0.3, 0.4) is 0 Å². The Kier molecular flexibility index (Phi) is 3.85. The molecule has 0 aromatic heterocycles. The molecule has 0 bridgehead atoms. The molecule has 1 aliphatic heterocycles. The van der Waals surface area contributed by atoms with E-state index in [2.05, 4.69) is 0 Å². The minimum absolute atomic E-state index is 0.0703. The normalized spacial score (nSPS) is 28.7. The number of imide groups is 1. The summed E-state index contributed by atoms with van der Waals surface area (Å²) < 4.78 is 0. The first-order valence-electron chi connectivity index (χ1n) is 5.59. The number of likely N-dealkylation sites (tertiary alicyclic amines) is 1. The van der Waals surface area contributed by atoms with Gasteiger partial charge in [-0.2, -0.15) is 0 Å². The standard InChI is InChI=1S/C11H20N2O2/c1-4-5-9(12)6-13-10(14)7(2)8(3)11(13)15/h7-9H,4-6,12H2,1-3H3. The van der Waals surface area contributed by atoms with Gasteiger partial charge in [0.2, 0.25) is 11.8 Å². The van der Waals surface area contributed by atoms with Crippen molar-refractivity contribution in [3.05, 3.63) is 0 Å². The first-order chi connectivity index (χ1) is 6.99. The first kappa shape index (κ1) is 12.2. The fourth-order valence-electron chi connectivity index (χ4n) is 1.90. The summed E-state index contributed by atoms with van der Waals surface area (Å²) in [6.07, 6.45) is 1.82. The summed E-state index contributed by atoms with van der Waals surface area (Å²) in [4.78, 5) is 24.8. The highest BCUT2D eigenvalue weighted by Gasteiger charge is 2.42. The molecule has 1 heterocycles. The van der Waals surface area contributed by atoms with Crippen molar-refractivity contribution in [1.82, 2.24) is 4.90 Å². The van der Waals surface area contributed by atoms with Crippen molar-refractivity contribution in [2.24, 2.45) is 17.6 Å². The Morgan fingerprint density at radius 2 is 1.73 bits per heavy atom. The van der Waals surface area contributed by atoms with Gasteiger partial charge in [0.25, 0.3) is 0 Å². The molecule has 1 fully saturated rings. The molecule has 2 amide bonds. The number of rotatable bonds is 4. The van der Waals surface area contributed by atoms with Gasteiger partial charge in [-0.15, -0.1) is 0 Å². The first-order valence-corrected chi connectivity index (χ1v) is 5.59. The van der Waals surface area contributed by atoms with Crippen LogP contribution >= 0.6 is 0 Å². The second-order valence-electron chi connectivity index (χ2n) is 4.41. The van der Waals surface area contributed by atoms with Crippen molar-refractivity contribution >= 4 is 11.8 Å². The fourth-order valence-corrected chi connectivity index (χ4v) is 1.90. The number of hydrogen-bond acceptors (Lipinski definition) is 3. The average molecular weight is 212 g/mol. The Balaban J connectivity index is 2.62. The van der Waals surface area contributed by atoms with Crippen LogP contribution in [-0.4, -0.2) is 29.3 Å². The van der Waals surface area contributed by atoms with E-state index in [0.29, 0.717) is 6.54 Å². The average Bonchev–Trinajstić information content (AvgIpc) is 2.36. The third kappa shape index (κ3) is 2.37. The summed E-state index contributed by atoms with van der Waals surface area (Å²) >= 11 is 0. The van der Waals surface area contributed by atoms with Crippen molar-refractivity contribution in [3.8, 4) is 0 Å². The van der Waals surface area contributed by atoms with Crippen LogP contribution in [0.2, 0.25) is 0 Å². The minimum atomic E-state index is -0.189. The SMILES string of the molecule is CCCC(N)CN1C(=O)C(C)C(C)C1=O. The Bertz CT molecular complexity index is 245. The van der Waals surface area contributed by atoms with Crippen molar-refractivity contribution in [1.29, 1.82) is 0 Å². The molecular formula is C11H20N2O2. The van der Waals surface area contributed by atoms with E-state index in [9.17, 15) is 9.59 Å². The van der Waals surface area contributed by atoms with Crippen LogP contribution in [0.25, 0.3) is 0 Å². The van der Waals surface area contributed by atoms with E-state index in [1.54, 1.807) is 13.8 Å². The number of amides is 2. The topological polar surface area (TPSA) is 63.4 Å². The van der Waals surface area contributed by atoms with E-state index in [1.165, 1.54) is 4.90 Å². The van der Waals surface area contributed by atoms with Crippen LogP contribution in [0.15, 0.2) is 0 Å². The highest BCUT2D eigenvalue weighted by atomic mass is 16.2. The van der Waals surface area contributed by atoms with Gasteiger partial charge in [-0.25, -0.2) is 0 Å². The van der Waals surface area contributed by atoms with E-state index >= 15 is 0 Å². The van der Waals surface area contributed by atoms with Crippen LogP contribution in [0.5, 0.6) is 0 Å². The predicted molar refractivity (Wildman–Crippen MR) is 57.9 cm³/mol. The van der Waals surface area contributed by atoms with Gasteiger partial charge >= 0.3 is 0 Å². The van der Waals surface area contributed by atoms with Crippen molar-refractivity contribution in [3.63, 3.8) is 0 Å². The molecule has 0 aromatic rings. The maximum absolute atomic E-state index is 11.7. The van der Waals surface area contributed by atoms with Gasteiger partial charge in [-0.3, -0.25) is 14.5 Å². The number of carbonyl (C=O) groups excluding carboxylic acids is 2. The summed E-state index contributed by atoms with van der Waals surface area (Å²) in [6.45, 7) is 6.02. The highest BCUT2D eigenvalue weighted by Crippen LogP contribution is 2.25. The smallest absolute Gasteiger partial charge is 0.232 e. The Morgan fingerprint density at radius 1 is 1.27 bits per heavy atom. The van der Waals surface area contributed by atoms with E-state index < -0.39 is 0 Å². The summed E-state index contributed by atoms with van der Waals surface area (Å²) in [5.41, 5.74) is 5.83. The summed E-state index contributed by atoms with van der Waals surface area (Å²) in [5, 5.41) is 0. The monoisotopic (exact) mass is 212 g/mol. The molecule has 0 saturated carbocycles. The summed E-state index contributed by atoms with van der Waals surface area (Å²) in [6, 6.07) is -0.0830. The molecule has 1 aliphatic rings. The Labute approximate surface area is 90.8 Å². The van der Waals surface area contributed by atoms with Crippen LogP contribution in [0.1, 0.15) is 33.6 Å². The highest BCUT2D eigenvalue weighted by molar-refractivity contribution is 6.04. The van der Waals surface area contributed by atoms with Gasteiger partial charge in [0, 0.05) is 24.4 Å². The summed E-state index contributed by atoms with van der Waals surface area (Å²) in [5.74, 6) is -0.518. The molecule has 1 saturated heterocycles. The number of carbonyl (C=O) groups is 2. The molecule has 0 aromatic carbocycles. The maximum Gasteiger partial charge on any atom is 0.232 e. The Hall–Kier alpha value is -0.900. The third-order valence-corrected chi connectivity index (χ3v) is 3.14. The molecule has 0 radical (unpaired) electrons. The van der Waals surface area contributed by atoms with Gasteiger partial charge in [0.15, 0.2) is 0 Å². The van der Waals surface area contributed by atoms with Crippen molar-refractivity contribution in [2.45, 2.75) is 39.7 Å². The molecule has 0 spiro atoms. The number of nitrogens with zero attached hydrogens (tertiary/aromatic N) is 1. The maximum atomic E-state index is 11.7. The van der Waals surface area contributed by atoms with E-state index in [1.807, 2.05) is 6.92 Å². The minimum Gasteiger partial charge on any atom is -0.326 e. The van der Waals surface area contributed by atoms with E-state index in [0.717, 1.165) is 12.8 Å². The van der Waals surface area contributed by atoms with Gasteiger partial charge in [0.05, 0.1) is 0 Å². The molecule has 2 N–H and O–H groups in total. The van der Waals surface area contributed by atoms with Gasteiger partial charge in [-0.05, 0) is 6.42 Å². The summed E-state index contributed by atoms with van der Waals surface area (Å²) in [7, 11) is 0. The van der Waals surface area contributed by atoms with Gasteiger partial charge in [-0.1, -0.05) is 27.2 Å². The lowest BCUT2D eigenvalue weighted by Gasteiger charge is -2.19. The van der Waals surface area contributed by atoms with E-state index in [-0.39, 0.29) is 29.7 Å². The zero-order valence-electron chi connectivity index (χ0n) is 9.69. The fraction of sp³-hybridized carbons (Fsp3) is 0.818. The molecule has 3 unspecified atom stereocenters. The molecule has 4 nitrogen and oxygen atoms in total. The van der Waals surface area contributed by atoms with Crippen LogP contribution in [0, 0.1) is 11.8 Å². The van der Waals surface area contributed by atoms with E-state index in [4.69, 9.17) is 5.73 Å². The lowest BCUT2D eigenvalue weighted by Crippen LogP contribution is -2.41. The third-order valence-electron chi connectivity index (χ3n) is 3.14. The van der Waals surface area contributed by atoms with Gasteiger partial charge < -0.3 is 5.73 Å². The van der Waals surface area contributed by atoms with Crippen LogP contribution in [-0.2, 0) is 9.59 Å². The number of hydrogen-bond donors (Lipinski definition) is 1. The molecule has 0 aliphatic carbocycles. The van der Waals surface area contributed by atoms with Crippen LogP contribution in [0.4, 0.5) is 0 Å². The largest absolute Gasteiger partial charge is 0.326 e. The van der Waals surface area contributed by atoms with Crippen molar-refractivity contribution in [2.75, 3.05) is 6.54 Å². The molecule has 4 heteroatoms.